The Morgan fingerprint density at radius 3 is 2.55 bits per heavy atom. The minimum absolute atomic E-state index is 0.240. The zero-order chi connectivity index (χ0) is 14.8. The Kier molecular flexibility index (Phi) is 4.98. The summed E-state index contributed by atoms with van der Waals surface area (Å²) in [5.41, 5.74) is 1.41. The summed E-state index contributed by atoms with van der Waals surface area (Å²) < 4.78 is 6.24. The third-order valence-corrected chi connectivity index (χ3v) is 5.20. The Morgan fingerprint density at radius 1 is 1.30 bits per heavy atom. The lowest BCUT2D eigenvalue weighted by Gasteiger charge is -2.55. The molecule has 0 amide bonds. The van der Waals surface area contributed by atoms with Crippen LogP contribution < -0.4 is 10.1 Å². The van der Waals surface area contributed by atoms with Crippen molar-refractivity contribution in [1.29, 1.82) is 0 Å². The molecule has 2 unspecified atom stereocenters. The number of halogens is 1. The van der Waals surface area contributed by atoms with E-state index in [-0.39, 0.29) is 11.5 Å². The number of ether oxygens (including phenoxy) is 1. The molecule has 2 nitrogen and oxygen atoms in total. The molecule has 0 spiro atoms. The largest absolute Gasteiger partial charge is 0.488 e. The summed E-state index contributed by atoms with van der Waals surface area (Å²) >= 11 is 6.29. The van der Waals surface area contributed by atoms with Crippen LogP contribution in [0.25, 0.3) is 0 Å². The second-order valence-corrected chi connectivity index (χ2v) is 6.23. The minimum atomic E-state index is 0.240. The number of aryl methyl sites for hydroxylation is 1. The van der Waals surface area contributed by atoms with Gasteiger partial charge in [-0.05, 0) is 44.0 Å². The maximum absolute atomic E-state index is 6.29. The standard InChI is InChI=1S/C17H26ClNO/c1-5-17(6-2)15(19-7-3)11-16(17)20-14-9-8-12(4)10-13(14)18/h8-10,15-16,19H,5-7,11H2,1-4H3. The van der Waals surface area contributed by atoms with E-state index in [4.69, 9.17) is 16.3 Å². The van der Waals surface area contributed by atoms with Gasteiger partial charge in [-0.15, -0.1) is 0 Å². The summed E-state index contributed by atoms with van der Waals surface area (Å²) in [5.74, 6) is 0.823. The van der Waals surface area contributed by atoms with Gasteiger partial charge in [-0.1, -0.05) is 38.4 Å². The van der Waals surface area contributed by atoms with E-state index in [0.717, 1.165) is 36.6 Å². The topological polar surface area (TPSA) is 21.3 Å². The van der Waals surface area contributed by atoms with Crippen molar-refractivity contribution in [2.24, 2.45) is 5.41 Å². The van der Waals surface area contributed by atoms with Crippen molar-refractivity contribution in [2.75, 3.05) is 6.54 Å². The highest BCUT2D eigenvalue weighted by atomic mass is 35.5. The Balaban J connectivity index is 2.13. The van der Waals surface area contributed by atoms with Crippen molar-refractivity contribution in [1.82, 2.24) is 5.32 Å². The lowest BCUT2D eigenvalue weighted by molar-refractivity contribution is -0.0853. The molecular formula is C17H26ClNO. The molecule has 1 fully saturated rings. The molecule has 0 aromatic heterocycles. The molecule has 3 heteroatoms. The molecule has 1 aliphatic carbocycles. The molecule has 2 rings (SSSR count). The summed E-state index contributed by atoms with van der Waals surface area (Å²) in [6, 6.07) is 6.59. The molecule has 20 heavy (non-hydrogen) atoms. The molecule has 1 N–H and O–H groups in total. The molecule has 0 bridgehead atoms. The average molecular weight is 296 g/mol. The Bertz CT molecular complexity index is 456. The van der Waals surface area contributed by atoms with Gasteiger partial charge < -0.3 is 10.1 Å². The molecular weight excluding hydrogens is 270 g/mol. The van der Waals surface area contributed by atoms with Crippen LogP contribution in [0.4, 0.5) is 0 Å². The van der Waals surface area contributed by atoms with E-state index in [1.807, 2.05) is 19.1 Å². The number of hydrogen-bond acceptors (Lipinski definition) is 2. The Morgan fingerprint density at radius 2 is 2.00 bits per heavy atom. The molecule has 2 atom stereocenters. The van der Waals surface area contributed by atoms with Crippen molar-refractivity contribution in [3.63, 3.8) is 0 Å². The van der Waals surface area contributed by atoms with Gasteiger partial charge in [0.1, 0.15) is 11.9 Å². The SMILES string of the molecule is CCNC1CC(Oc2ccc(C)cc2Cl)C1(CC)CC. The zero-order valence-corrected chi connectivity index (χ0v) is 13.8. The lowest BCUT2D eigenvalue weighted by Crippen LogP contribution is -2.64. The summed E-state index contributed by atoms with van der Waals surface area (Å²) in [5, 5.41) is 4.32. The van der Waals surface area contributed by atoms with E-state index < -0.39 is 0 Å². The fourth-order valence-corrected chi connectivity index (χ4v) is 3.78. The molecule has 1 saturated carbocycles. The van der Waals surface area contributed by atoms with Crippen LogP contribution in [-0.2, 0) is 0 Å². The van der Waals surface area contributed by atoms with Gasteiger partial charge in [0.05, 0.1) is 5.02 Å². The van der Waals surface area contributed by atoms with E-state index in [1.54, 1.807) is 0 Å². The lowest BCUT2D eigenvalue weighted by atomic mass is 9.58. The normalized spacial score (nSPS) is 24.2. The zero-order valence-electron chi connectivity index (χ0n) is 13.0. The smallest absolute Gasteiger partial charge is 0.138 e. The highest BCUT2D eigenvalue weighted by Gasteiger charge is 2.53. The number of rotatable bonds is 6. The van der Waals surface area contributed by atoms with Crippen LogP contribution in [0, 0.1) is 12.3 Å². The summed E-state index contributed by atoms with van der Waals surface area (Å²) in [6.45, 7) is 9.76. The first-order chi connectivity index (χ1) is 9.57. The molecule has 1 aromatic carbocycles. The van der Waals surface area contributed by atoms with Crippen molar-refractivity contribution < 1.29 is 4.74 Å². The second kappa shape index (κ2) is 6.36. The van der Waals surface area contributed by atoms with Crippen molar-refractivity contribution in [2.45, 2.75) is 59.1 Å². The predicted molar refractivity (Wildman–Crippen MR) is 85.7 cm³/mol. The number of benzene rings is 1. The van der Waals surface area contributed by atoms with E-state index >= 15 is 0 Å². The van der Waals surface area contributed by atoms with Crippen LogP contribution in [0.5, 0.6) is 5.75 Å². The van der Waals surface area contributed by atoms with Crippen LogP contribution in [0.1, 0.15) is 45.6 Å². The highest BCUT2D eigenvalue weighted by Crippen LogP contribution is 2.49. The quantitative estimate of drug-likeness (QED) is 0.829. The molecule has 0 aliphatic heterocycles. The first-order valence-corrected chi connectivity index (χ1v) is 8.11. The monoisotopic (exact) mass is 295 g/mol. The fraction of sp³-hybridized carbons (Fsp3) is 0.647. The second-order valence-electron chi connectivity index (χ2n) is 5.83. The van der Waals surface area contributed by atoms with Crippen LogP contribution in [0.3, 0.4) is 0 Å². The first-order valence-electron chi connectivity index (χ1n) is 7.73. The van der Waals surface area contributed by atoms with Gasteiger partial charge in [0.25, 0.3) is 0 Å². The average Bonchev–Trinajstić information content (AvgIpc) is 2.41. The minimum Gasteiger partial charge on any atom is -0.488 e. The molecule has 0 heterocycles. The summed E-state index contributed by atoms with van der Waals surface area (Å²) in [6.07, 6.45) is 3.60. The summed E-state index contributed by atoms with van der Waals surface area (Å²) in [7, 11) is 0. The van der Waals surface area contributed by atoms with Crippen LogP contribution in [-0.4, -0.2) is 18.7 Å². The third kappa shape index (κ3) is 2.68. The first kappa shape index (κ1) is 15.7. The van der Waals surface area contributed by atoms with Crippen LogP contribution >= 0.6 is 11.6 Å². The molecule has 1 aliphatic rings. The maximum atomic E-state index is 6.29. The van der Waals surface area contributed by atoms with Crippen LogP contribution in [0.15, 0.2) is 18.2 Å². The van der Waals surface area contributed by atoms with Gasteiger partial charge in [0.15, 0.2) is 0 Å². The van der Waals surface area contributed by atoms with Crippen molar-refractivity contribution >= 4 is 11.6 Å². The summed E-state index contributed by atoms with van der Waals surface area (Å²) in [4.78, 5) is 0. The highest BCUT2D eigenvalue weighted by molar-refractivity contribution is 6.32. The van der Waals surface area contributed by atoms with Gasteiger partial charge in [-0.25, -0.2) is 0 Å². The predicted octanol–water partition coefficient (Wildman–Crippen LogP) is 4.58. The van der Waals surface area contributed by atoms with Crippen molar-refractivity contribution in [3.05, 3.63) is 28.8 Å². The fourth-order valence-electron chi connectivity index (χ4n) is 3.50. The van der Waals surface area contributed by atoms with E-state index in [9.17, 15) is 0 Å². The number of hydrogen-bond donors (Lipinski definition) is 1. The maximum Gasteiger partial charge on any atom is 0.138 e. The third-order valence-electron chi connectivity index (χ3n) is 4.91. The van der Waals surface area contributed by atoms with Crippen LogP contribution in [0.2, 0.25) is 5.02 Å². The van der Waals surface area contributed by atoms with E-state index in [0.29, 0.717) is 6.04 Å². The van der Waals surface area contributed by atoms with E-state index in [2.05, 4.69) is 32.2 Å². The van der Waals surface area contributed by atoms with E-state index in [1.165, 1.54) is 5.56 Å². The Labute approximate surface area is 127 Å². The molecule has 1 aromatic rings. The van der Waals surface area contributed by atoms with Gasteiger partial charge >= 0.3 is 0 Å². The number of nitrogens with one attached hydrogen (secondary N) is 1. The van der Waals surface area contributed by atoms with Crippen molar-refractivity contribution in [3.8, 4) is 5.75 Å². The van der Waals surface area contributed by atoms with Gasteiger partial charge in [0, 0.05) is 17.9 Å². The molecule has 0 radical (unpaired) electrons. The Hall–Kier alpha value is -0.730. The molecule has 0 saturated heterocycles. The van der Waals surface area contributed by atoms with Gasteiger partial charge in [-0.2, -0.15) is 0 Å². The van der Waals surface area contributed by atoms with Gasteiger partial charge in [0.2, 0.25) is 0 Å². The van der Waals surface area contributed by atoms with Gasteiger partial charge in [-0.3, -0.25) is 0 Å². The molecule has 112 valence electrons.